The molecular weight excluding hydrogens is 370 g/mol. The molecule has 0 aliphatic heterocycles. The van der Waals surface area contributed by atoms with E-state index in [0.29, 0.717) is 13.2 Å². The maximum atomic E-state index is 13.4. The minimum Gasteiger partial charge on any atom is -0.353 e. The van der Waals surface area contributed by atoms with Crippen molar-refractivity contribution in [3.63, 3.8) is 0 Å². The van der Waals surface area contributed by atoms with E-state index in [1.807, 2.05) is 13.8 Å². The van der Waals surface area contributed by atoms with Gasteiger partial charge in [-0.3, -0.25) is 9.13 Å². The van der Waals surface area contributed by atoms with Gasteiger partial charge in [-0.05, 0) is 41.5 Å². The van der Waals surface area contributed by atoms with Crippen LogP contribution < -0.4 is 0 Å². The van der Waals surface area contributed by atoms with Crippen molar-refractivity contribution in [3.8, 4) is 0 Å². The fourth-order valence-corrected chi connectivity index (χ4v) is 7.62. The van der Waals surface area contributed by atoms with Crippen LogP contribution in [0.4, 0.5) is 0 Å². The molecule has 0 saturated heterocycles. The maximum absolute atomic E-state index is 13.4. The second kappa shape index (κ2) is 13.4. The Bertz CT molecular complexity index is 376. The summed E-state index contributed by atoms with van der Waals surface area (Å²) in [5.74, 6) is 0. The summed E-state index contributed by atoms with van der Waals surface area (Å²) in [6, 6.07) is 0. The molecule has 10 heteroatoms. The third-order valence-electron chi connectivity index (χ3n) is 3.07. The molecule has 0 aromatic carbocycles. The normalized spacial score (nSPS) is 13.1. The Balaban J connectivity index is 5.89. The van der Waals surface area contributed by atoms with E-state index in [9.17, 15) is 9.13 Å². The molecule has 0 fully saturated rings. The summed E-state index contributed by atoms with van der Waals surface area (Å²) >= 11 is 0. The Morgan fingerprint density at radius 3 is 1.16 bits per heavy atom. The zero-order valence-corrected chi connectivity index (χ0v) is 18.1. The largest absolute Gasteiger partial charge is 0.353 e. The second-order valence-corrected chi connectivity index (χ2v) is 9.65. The maximum Gasteiger partial charge on any atom is 0.345 e. The van der Waals surface area contributed by atoms with Crippen LogP contribution in [0.1, 0.15) is 48.0 Å². The van der Waals surface area contributed by atoms with Crippen molar-refractivity contribution >= 4 is 15.2 Å². The topological polar surface area (TPSA) is 89.5 Å². The van der Waals surface area contributed by atoms with E-state index in [0.717, 1.165) is 0 Å². The predicted molar refractivity (Wildman–Crippen MR) is 97.2 cm³/mol. The van der Waals surface area contributed by atoms with Gasteiger partial charge in [-0.25, -0.2) is 0 Å². The summed E-state index contributed by atoms with van der Waals surface area (Å²) in [6.07, 6.45) is -0.709. The first-order valence-electron chi connectivity index (χ1n) is 8.87. The first-order chi connectivity index (χ1) is 11.9. The van der Waals surface area contributed by atoms with E-state index in [1.54, 1.807) is 27.7 Å². The van der Waals surface area contributed by atoms with Crippen LogP contribution >= 0.6 is 15.2 Å². The van der Waals surface area contributed by atoms with Crippen LogP contribution in [0, 0.1) is 0 Å². The van der Waals surface area contributed by atoms with Crippen molar-refractivity contribution < 1.29 is 36.7 Å². The van der Waals surface area contributed by atoms with Crippen molar-refractivity contribution in [1.29, 1.82) is 0 Å². The summed E-state index contributed by atoms with van der Waals surface area (Å²) in [7, 11) is -7.57. The molecule has 8 nitrogen and oxygen atoms in total. The number of ether oxygens (including phenoxy) is 2. The minimum absolute atomic E-state index is 0.0102. The van der Waals surface area contributed by atoms with Crippen molar-refractivity contribution in [3.05, 3.63) is 0 Å². The standard InChI is InChI=1S/C15H34O8P2/c1-7-18-14(19-8-2)13-15(24(16,20-9-3)21-10-4)25(17,22-11-5)23-12-6/h14-15H,7-13H2,1-6H3. The Kier molecular flexibility index (Phi) is 13.5. The Labute approximate surface area is 151 Å². The highest BCUT2D eigenvalue weighted by molar-refractivity contribution is 7.72. The molecule has 0 rings (SSSR count). The predicted octanol–water partition coefficient (Wildman–Crippen LogP) is 4.63. The smallest absolute Gasteiger partial charge is 0.345 e. The quantitative estimate of drug-likeness (QED) is 0.272. The van der Waals surface area contributed by atoms with Crippen LogP contribution in [0.25, 0.3) is 0 Å². The molecule has 0 unspecified atom stereocenters. The van der Waals surface area contributed by atoms with E-state index in [2.05, 4.69) is 0 Å². The van der Waals surface area contributed by atoms with Crippen LogP contribution in [-0.2, 0) is 36.7 Å². The lowest BCUT2D eigenvalue weighted by atomic mass is 10.4. The van der Waals surface area contributed by atoms with Crippen molar-refractivity contribution in [2.45, 2.75) is 59.7 Å². The molecule has 0 radical (unpaired) electrons. The highest BCUT2D eigenvalue weighted by atomic mass is 31.2. The van der Waals surface area contributed by atoms with E-state index >= 15 is 0 Å². The van der Waals surface area contributed by atoms with E-state index < -0.39 is 26.9 Å². The van der Waals surface area contributed by atoms with Gasteiger partial charge in [0, 0.05) is 19.6 Å². The van der Waals surface area contributed by atoms with Gasteiger partial charge in [0.05, 0.1) is 26.4 Å². The lowest BCUT2D eigenvalue weighted by Crippen LogP contribution is -2.27. The molecule has 0 aromatic heterocycles. The molecule has 25 heavy (non-hydrogen) atoms. The van der Waals surface area contributed by atoms with E-state index in [-0.39, 0.29) is 32.8 Å². The molecule has 0 aromatic rings. The van der Waals surface area contributed by atoms with Crippen LogP contribution in [-0.4, -0.2) is 51.3 Å². The zero-order valence-electron chi connectivity index (χ0n) is 16.3. The van der Waals surface area contributed by atoms with Gasteiger partial charge in [0.1, 0.15) is 0 Å². The molecule has 0 atom stereocenters. The van der Waals surface area contributed by atoms with Gasteiger partial charge in [0.2, 0.25) is 0 Å². The molecule has 0 spiro atoms. The van der Waals surface area contributed by atoms with Gasteiger partial charge in [-0.1, -0.05) is 0 Å². The molecule has 0 N–H and O–H groups in total. The van der Waals surface area contributed by atoms with Crippen molar-refractivity contribution in [1.82, 2.24) is 0 Å². The number of rotatable bonds is 16. The molecule has 0 amide bonds. The summed E-state index contributed by atoms with van der Waals surface area (Å²) < 4.78 is 59.5. The van der Waals surface area contributed by atoms with Gasteiger partial charge >= 0.3 is 15.2 Å². The third kappa shape index (κ3) is 8.19. The molecule has 0 aliphatic carbocycles. The number of hydrogen-bond donors (Lipinski definition) is 0. The summed E-state index contributed by atoms with van der Waals surface area (Å²) in [5.41, 5.74) is 0. The highest BCUT2D eigenvalue weighted by Gasteiger charge is 2.52. The van der Waals surface area contributed by atoms with Gasteiger partial charge in [-0.15, -0.1) is 0 Å². The third-order valence-corrected chi connectivity index (χ3v) is 9.13. The van der Waals surface area contributed by atoms with E-state index in [1.165, 1.54) is 0 Å². The van der Waals surface area contributed by atoms with E-state index in [4.69, 9.17) is 27.6 Å². The molecule has 0 aliphatic rings. The zero-order chi connectivity index (χ0) is 19.3. The highest BCUT2D eigenvalue weighted by Crippen LogP contribution is 2.71. The first kappa shape index (κ1) is 25.2. The molecular formula is C15H34O8P2. The van der Waals surface area contributed by atoms with Gasteiger partial charge < -0.3 is 27.6 Å². The fourth-order valence-electron chi connectivity index (χ4n) is 2.30. The lowest BCUT2D eigenvalue weighted by molar-refractivity contribution is -0.138. The summed E-state index contributed by atoms with van der Waals surface area (Å²) in [6.45, 7) is 11.7. The molecule has 0 saturated carbocycles. The SMILES string of the molecule is CCOC(CC(P(=O)(OCC)OCC)P(=O)(OCC)OCC)OCC. The number of hydrogen-bond acceptors (Lipinski definition) is 8. The van der Waals surface area contributed by atoms with Crippen molar-refractivity contribution in [2.75, 3.05) is 39.6 Å². The van der Waals surface area contributed by atoms with Gasteiger partial charge in [0.25, 0.3) is 0 Å². The average Bonchev–Trinajstić information content (AvgIpc) is 2.53. The van der Waals surface area contributed by atoms with Gasteiger partial charge in [0.15, 0.2) is 11.7 Å². The van der Waals surface area contributed by atoms with Crippen LogP contribution in [0.15, 0.2) is 0 Å². The Morgan fingerprint density at radius 1 is 0.600 bits per heavy atom. The fraction of sp³-hybridized carbons (Fsp3) is 1.00. The van der Waals surface area contributed by atoms with Crippen LogP contribution in [0.5, 0.6) is 0 Å². The monoisotopic (exact) mass is 404 g/mol. The minimum atomic E-state index is -3.78. The lowest BCUT2D eigenvalue weighted by Gasteiger charge is -2.33. The Hall–Kier alpha value is 0.220. The second-order valence-electron chi connectivity index (χ2n) is 4.81. The van der Waals surface area contributed by atoms with Gasteiger partial charge in [-0.2, -0.15) is 0 Å². The van der Waals surface area contributed by atoms with Crippen molar-refractivity contribution in [2.24, 2.45) is 0 Å². The molecule has 0 heterocycles. The Morgan fingerprint density at radius 2 is 0.920 bits per heavy atom. The molecule has 152 valence electrons. The summed E-state index contributed by atoms with van der Waals surface area (Å²) in [5, 5.41) is -1.14. The average molecular weight is 404 g/mol. The molecule has 0 bridgehead atoms. The first-order valence-corrected chi connectivity index (χ1v) is 12.1. The van der Waals surface area contributed by atoms with Crippen LogP contribution in [0.2, 0.25) is 0 Å². The summed E-state index contributed by atoms with van der Waals surface area (Å²) in [4.78, 5) is 0. The van der Waals surface area contributed by atoms with Crippen LogP contribution in [0.3, 0.4) is 0 Å².